The number of nitrogens with zero attached hydrogens (tertiary/aromatic N) is 4. The Morgan fingerprint density at radius 2 is 0.927 bits per heavy atom. The van der Waals surface area contributed by atoms with E-state index in [0.29, 0.717) is 23.1 Å². The lowest BCUT2D eigenvalue weighted by Gasteiger charge is -2.05. The van der Waals surface area contributed by atoms with Gasteiger partial charge in [0.2, 0.25) is 23.8 Å². The van der Waals surface area contributed by atoms with E-state index in [-0.39, 0.29) is 35.8 Å². The average Bonchev–Trinajstić information content (AvgIpc) is 2.87. The first-order valence-corrected chi connectivity index (χ1v) is 13.0. The lowest BCUT2D eigenvalue weighted by atomic mass is 10.2. The molecule has 0 aliphatic carbocycles. The molecule has 2 aromatic rings. The number of halogens is 2. The Hall–Kier alpha value is -4.76. The molecule has 222 valence electrons. The normalized spacial score (nSPS) is 12.1. The topological polar surface area (TPSA) is 289 Å². The van der Waals surface area contributed by atoms with Crippen molar-refractivity contribution in [1.82, 2.24) is 5.32 Å². The zero-order chi connectivity index (χ0) is 30.6. The summed E-state index contributed by atoms with van der Waals surface area (Å²) in [7, 11) is 0. The van der Waals surface area contributed by atoms with Crippen molar-refractivity contribution >= 4 is 70.3 Å². The Bertz CT molecular complexity index is 1130. The third-order valence-corrected chi connectivity index (χ3v) is 5.09. The van der Waals surface area contributed by atoms with Crippen LogP contribution in [0.15, 0.2) is 68.5 Å². The lowest BCUT2D eigenvalue weighted by Crippen LogP contribution is -2.39. The molecule has 0 aliphatic rings. The van der Waals surface area contributed by atoms with Crippen LogP contribution in [-0.4, -0.2) is 48.8 Å². The van der Waals surface area contributed by atoms with E-state index in [2.05, 4.69) is 30.6 Å². The molecule has 0 saturated heterocycles. The molecule has 0 aliphatic heterocycles. The zero-order valence-corrected chi connectivity index (χ0v) is 23.9. The number of nitrogens with two attached hydrogens (primary N) is 6. The van der Waals surface area contributed by atoms with E-state index < -0.39 is 0 Å². The number of aliphatic imine (C=N–C) groups is 4. The fraction of sp³-hybridized carbons (Fsp3) is 0.250. The molecule has 41 heavy (non-hydrogen) atoms. The number of hydrogen-bond acceptors (Lipinski definition) is 4. The van der Waals surface area contributed by atoms with Crippen molar-refractivity contribution in [1.29, 1.82) is 10.8 Å². The molecule has 0 fully saturated rings. The van der Waals surface area contributed by atoms with Gasteiger partial charge in [0.05, 0.1) is 0 Å². The van der Waals surface area contributed by atoms with Gasteiger partial charge in [-0.2, -0.15) is 9.98 Å². The summed E-state index contributed by atoms with van der Waals surface area (Å²) in [6.07, 6.45) is 3.68. The smallest absolute Gasteiger partial charge is 0.218 e. The lowest BCUT2D eigenvalue weighted by molar-refractivity contribution is 0.653. The van der Waals surface area contributed by atoms with E-state index in [9.17, 15) is 0 Å². The highest BCUT2D eigenvalue weighted by Crippen LogP contribution is 2.13. The molecule has 2 aromatic carbocycles. The molecule has 0 amide bonds. The summed E-state index contributed by atoms with van der Waals surface area (Å²) in [5.74, 6) is -0.0608. The van der Waals surface area contributed by atoms with Crippen LogP contribution in [0.4, 0.5) is 11.4 Å². The number of hydrogen-bond donors (Lipinski definition) is 11. The van der Waals surface area contributed by atoms with Crippen LogP contribution in [0.2, 0.25) is 10.0 Å². The summed E-state index contributed by atoms with van der Waals surface area (Å²) < 4.78 is 0. The molecule has 0 heterocycles. The summed E-state index contributed by atoms with van der Waals surface area (Å²) in [6, 6.07) is 14.1. The molecule has 0 atom stereocenters. The number of anilines is 2. The van der Waals surface area contributed by atoms with Crippen LogP contribution in [0.25, 0.3) is 0 Å². The minimum Gasteiger partial charge on any atom is -0.370 e. The number of benzene rings is 2. The Kier molecular flexibility index (Phi) is 16.1. The van der Waals surface area contributed by atoms with Gasteiger partial charge in [-0.05, 0) is 61.4 Å². The SMILES string of the molecule is N=C(N)NC(=N)N.NC(=NCCCCCCN=C(N)N=C(N)Nc1ccc(Cl)cc1)N=C(N)Nc1ccc(Cl)cc1. The molecular weight excluding hydrogens is 569 g/mol. The molecule has 2 rings (SSSR count). The van der Waals surface area contributed by atoms with E-state index in [0.717, 1.165) is 37.1 Å². The first kappa shape index (κ1) is 34.3. The number of unbranched alkanes of at least 4 members (excludes halogenated alkanes) is 3. The second kappa shape index (κ2) is 19.3. The highest BCUT2D eigenvalue weighted by atomic mass is 35.5. The second-order valence-electron chi connectivity index (χ2n) is 8.10. The van der Waals surface area contributed by atoms with Gasteiger partial charge in [0.15, 0.2) is 11.9 Å². The van der Waals surface area contributed by atoms with Gasteiger partial charge >= 0.3 is 0 Å². The zero-order valence-electron chi connectivity index (χ0n) is 22.4. The maximum atomic E-state index is 6.47. The van der Waals surface area contributed by atoms with Gasteiger partial charge in [-0.1, -0.05) is 36.0 Å². The van der Waals surface area contributed by atoms with E-state index >= 15 is 0 Å². The van der Waals surface area contributed by atoms with Crippen molar-refractivity contribution in [3.8, 4) is 0 Å². The van der Waals surface area contributed by atoms with Crippen LogP contribution in [0.1, 0.15) is 25.7 Å². The van der Waals surface area contributed by atoms with E-state index in [1.807, 2.05) is 5.32 Å². The highest BCUT2D eigenvalue weighted by Gasteiger charge is 1.99. The van der Waals surface area contributed by atoms with Gasteiger partial charge in [-0.15, -0.1) is 0 Å². The van der Waals surface area contributed by atoms with Gasteiger partial charge in [0.1, 0.15) is 0 Å². The molecule has 17 N–H and O–H groups in total. The standard InChI is InChI=1S/C22H30Cl2N10.C2H7N5/c23-15-5-9-17(10-6-15)31-21(27)33-19(25)29-13-3-1-2-4-14-30-20(26)34-22(28)32-18-11-7-16(24)8-12-18;3-1(4)7-2(5)6/h5-12H,1-4,13-14H2,(H5,25,27,29,31,33)(H5,26,28,30,32,34);(H7,3,4,5,6,7). The Morgan fingerprint density at radius 1 is 0.585 bits per heavy atom. The minimum absolute atomic E-state index is 0.124. The van der Waals surface area contributed by atoms with Crippen molar-refractivity contribution in [2.24, 2.45) is 54.4 Å². The van der Waals surface area contributed by atoms with Crippen molar-refractivity contribution in [2.45, 2.75) is 25.7 Å². The van der Waals surface area contributed by atoms with Gasteiger partial charge in [0, 0.05) is 34.5 Å². The summed E-state index contributed by atoms with van der Waals surface area (Å²) in [6.45, 7) is 1.12. The van der Waals surface area contributed by atoms with Crippen molar-refractivity contribution in [3.63, 3.8) is 0 Å². The minimum atomic E-state index is -0.312. The first-order chi connectivity index (χ1) is 19.4. The molecule has 0 spiro atoms. The van der Waals surface area contributed by atoms with Gasteiger partial charge < -0.3 is 45.0 Å². The highest BCUT2D eigenvalue weighted by molar-refractivity contribution is 6.31. The molecular formula is C24H37Cl2N15. The monoisotopic (exact) mass is 605 g/mol. The number of nitrogens with one attached hydrogen (secondary N) is 5. The van der Waals surface area contributed by atoms with Gasteiger partial charge in [0.25, 0.3) is 0 Å². The summed E-state index contributed by atoms with van der Waals surface area (Å²) in [4.78, 5) is 16.5. The first-order valence-electron chi connectivity index (χ1n) is 12.2. The Balaban J connectivity index is 0.00000106. The van der Waals surface area contributed by atoms with Crippen LogP contribution < -0.4 is 50.4 Å². The number of rotatable bonds is 9. The molecule has 0 aromatic heterocycles. The predicted molar refractivity (Wildman–Crippen MR) is 172 cm³/mol. The third-order valence-electron chi connectivity index (χ3n) is 4.59. The number of guanidine groups is 6. The maximum Gasteiger partial charge on any atom is 0.218 e. The predicted octanol–water partition coefficient (Wildman–Crippen LogP) is 1.70. The van der Waals surface area contributed by atoms with E-state index in [1.54, 1.807) is 48.5 Å². The summed E-state index contributed by atoms with van der Waals surface area (Å²) in [5, 5.41) is 22.1. The molecule has 15 nitrogen and oxygen atoms in total. The Morgan fingerprint density at radius 3 is 1.22 bits per heavy atom. The molecule has 0 bridgehead atoms. The summed E-state index contributed by atoms with van der Waals surface area (Å²) in [5.41, 5.74) is 34.3. The van der Waals surface area contributed by atoms with Crippen molar-refractivity contribution in [2.75, 3.05) is 23.7 Å². The average molecular weight is 607 g/mol. The third kappa shape index (κ3) is 18.2. The molecule has 17 heteroatoms. The second-order valence-corrected chi connectivity index (χ2v) is 8.98. The summed E-state index contributed by atoms with van der Waals surface area (Å²) >= 11 is 11.7. The van der Waals surface area contributed by atoms with Crippen LogP contribution in [-0.2, 0) is 0 Å². The van der Waals surface area contributed by atoms with Crippen LogP contribution in [0.3, 0.4) is 0 Å². The van der Waals surface area contributed by atoms with Crippen molar-refractivity contribution < 1.29 is 0 Å². The van der Waals surface area contributed by atoms with Crippen LogP contribution in [0, 0.1) is 10.8 Å². The molecule has 0 radical (unpaired) electrons. The van der Waals surface area contributed by atoms with Gasteiger partial charge in [-0.25, -0.2) is 0 Å². The Labute approximate surface area is 248 Å². The fourth-order valence-electron chi connectivity index (χ4n) is 2.85. The molecule has 0 saturated carbocycles. The van der Waals surface area contributed by atoms with Crippen LogP contribution >= 0.6 is 23.2 Å². The van der Waals surface area contributed by atoms with E-state index in [4.69, 9.17) is 68.4 Å². The van der Waals surface area contributed by atoms with E-state index in [1.165, 1.54) is 0 Å². The largest absolute Gasteiger partial charge is 0.370 e. The quantitative estimate of drug-likeness (QED) is 0.112. The van der Waals surface area contributed by atoms with Crippen molar-refractivity contribution in [3.05, 3.63) is 58.6 Å². The molecule has 0 unspecified atom stereocenters. The maximum absolute atomic E-state index is 6.47. The fourth-order valence-corrected chi connectivity index (χ4v) is 3.10. The van der Waals surface area contributed by atoms with Gasteiger partial charge in [-0.3, -0.25) is 26.1 Å². The van der Waals surface area contributed by atoms with Crippen LogP contribution in [0.5, 0.6) is 0 Å².